The van der Waals surface area contributed by atoms with Gasteiger partial charge in [0, 0.05) is 43.5 Å². The molecule has 25 heavy (non-hydrogen) atoms. The lowest BCUT2D eigenvalue weighted by Crippen LogP contribution is -2.47. The molecule has 0 amide bonds. The third-order valence-electron chi connectivity index (χ3n) is 4.56. The van der Waals surface area contributed by atoms with Gasteiger partial charge in [0.15, 0.2) is 0 Å². The average Bonchev–Trinajstić information content (AvgIpc) is 2.64. The minimum Gasteiger partial charge on any atom is -0.497 e. The Bertz CT molecular complexity index is 807. The van der Waals surface area contributed by atoms with Crippen LogP contribution in [0, 0.1) is 6.92 Å². The third-order valence-corrected chi connectivity index (χ3v) is 4.56. The zero-order valence-electron chi connectivity index (χ0n) is 14.8. The molecule has 1 aromatic carbocycles. The summed E-state index contributed by atoms with van der Waals surface area (Å²) < 4.78 is 5.30. The van der Waals surface area contributed by atoms with Gasteiger partial charge in [-0.15, -0.1) is 6.58 Å². The third kappa shape index (κ3) is 3.68. The van der Waals surface area contributed by atoms with Gasteiger partial charge in [0.2, 0.25) is 5.95 Å². The molecular weight excluding hydrogens is 316 g/mol. The van der Waals surface area contributed by atoms with Crippen LogP contribution < -0.4 is 20.1 Å². The molecule has 0 spiro atoms. The van der Waals surface area contributed by atoms with Gasteiger partial charge in [-0.3, -0.25) is 9.78 Å². The molecule has 2 aromatic rings. The van der Waals surface area contributed by atoms with Crippen LogP contribution in [0.3, 0.4) is 0 Å². The number of allylic oxidation sites excluding steroid dienone is 1. The maximum absolute atomic E-state index is 12.3. The Morgan fingerprint density at radius 3 is 2.64 bits per heavy atom. The van der Waals surface area contributed by atoms with E-state index in [1.807, 2.05) is 25.1 Å². The Kier molecular flexibility index (Phi) is 5.07. The van der Waals surface area contributed by atoms with Crippen molar-refractivity contribution in [1.82, 2.24) is 9.97 Å². The van der Waals surface area contributed by atoms with Gasteiger partial charge in [-0.05, 0) is 25.5 Å². The van der Waals surface area contributed by atoms with Gasteiger partial charge in [-0.25, -0.2) is 4.98 Å². The fraction of sp³-hybridized carbons (Fsp3) is 0.368. The van der Waals surface area contributed by atoms with Crippen LogP contribution in [0.1, 0.15) is 11.3 Å². The summed E-state index contributed by atoms with van der Waals surface area (Å²) in [5, 5.41) is 0. The molecule has 132 valence electrons. The number of piperazine rings is 1. The van der Waals surface area contributed by atoms with Crippen molar-refractivity contribution in [2.75, 3.05) is 43.1 Å². The van der Waals surface area contributed by atoms with Gasteiger partial charge < -0.3 is 14.5 Å². The number of aryl methyl sites for hydroxylation is 1. The van der Waals surface area contributed by atoms with Crippen LogP contribution in [-0.2, 0) is 6.42 Å². The molecule has 0 atom stereocenters. The fourth-order valence-corrected chi connectivity index (χ4v) is 3.11. The molecular formula is C19H24N4O2. The van der Waals surface area contributed by atoms with Crippen LogP contribution >= 0.6 is 0 Å². The lowest BCUT2D eigenvalue weighted by atomic mass is 10.2. The van der Waals surface area contributed by atoms with Crippen LogP contribution in [0.2, 0.25) is 0 Å². The molecule has 2 heterocycles. The number of methoxy groups -OCH3 is 1. The van der Waals surface area contributed by atoms with E-state index in [-0.39, 0.29) is 5.56 Å². The highest BCUT2D eigenvalue weighted by Crippen LogP contribution is 2.23. The summed E-state index contributed by atoms with van der Waals surface area (Å²) in [5.74, 6) is 1.51. The summed E-state index contributed by atoms with van der Waals surface area (Å²) in [6, 6.07) is 8.08. The molecule has 3 rings (SSSR count). The van der Waals surface area contributed by atoms with Crippen LogP contribution in [0.25, 0.3) is 0 Å². The van der Waals surface area contributed by atoms with E-state index in [2.05, 4.69) is 32.4 Å². The lowest BCUT2D eigenvalue weighted by Gasteiger charge is -2.36. The van der Waals surface area contributed by atoms with E-state index in [1.54, 1.807) is 13.2 Å². The Morgan fingerprint density at radius 1 is 1.28 bits per heavy atom. The summed E-state index contributed by atoms with van der Waals surface area (Å²) in [5.41, 5.74) is 2.54. The predicted molar refractivity (Wildman–Crippen MR) is 101 cm³/mol. The van der Waals surface area contributed by atoms with Crippen LogP contribution in [0.4, 0.5) is 11.6 Å². The van der Waals surface area contributed by atoms with Crippen molar-refractivity contribution in [3.8, 4) is 5.75 Å². The summed E-state index contributed by atoms with van der Waals surface area (Å²) in [6.07, 6.45) is 2.27. The average molecular weight is 340 g/mol. The van der Waals surface area contributed by atoms with Gasteiger partial charge >= 0.3 is 0 Å². The van der Waals surface area contributed by atoms with Crippen LogP contribution in [0.15, 0.2) is 41.7 Å². The topological polar surface area (TPSA) is 61.5 Å². The molecule has 0 unspecified atom stereocenters. The zero-order chi connectivity index (χ0) is 17.8. The molecule has 0 aliphatic carbocycles. The zero-order valence-corrected chi connectivity index (χ0v) is 14.8. The highest BCUT2D eigenvalue weighted by atomic mass is 16.5. The lowest BCUT2D eigenvalue weighted by molar-refractivity contribution is 0.414. The number of aromatic nitrogens is 2. The summed E-state index contributed by atoms with van der Waals surface area (Å²) in [4.78, 5) is 24.2. The molecule has 1 saturated heterocycles. The minimum atomic E-state index is -0.0716. The van der Waals surface area contributed by atoms with Crippen molar-refractivity contribution in [3.05, 3.63) is 58.5 Å². The van der Waals surface area contributed by atoms with Crippen molar-refractivity contribution in [1.29, 1.82) is 0 Å². The molecule has 1 aliphatic heterocycles. The second-order valence-corrected chi connectivity index (χ2v) is 6.12. The normalized spacial score (nSPS) is 14.5. The van der Waals surface area contributed by atoms with Crippen LogP contribution in [-0.4, -0.2) is 43.3 Å². The van der Waals surface area contributed by atoms with Crippen molar-refractivity contribution in [2.45, 2.75) is 13.3 Å². The quantitative estimate of drug-likeness (QED) is 0.845. The Hall–Kier alpha value is -2.76. The van der Waals surface area contributed by atoms with E-state index in [1.165, 1.54) is 0 Å². The highest BCUT2D eigenvalue weighted by Gasteiger charge is 2.20. The van der Waals surface area contributed by atoms with E-state index in [0.717, 1.165) is 43.3 Å². The van der Waals surface area contributed by atoms with E-state index >= 15 is 0 Å². The number of anilines is 2. The summed E-state index contributed by atoms with van der Waals surface area (Å²) >= 11 is 0. The van der Waals surface area contributed by atoms with E-state index in [9.17, 15) is 4.79 Å². The summed E-state index contributed by atoms with van der Waals surface area (Å²) in [6.45, 7) is 8.92. The first kappa shape index (κ1) is 17.1. The molecule has 6 heteroatoms. The number of aromatic amines is 1. The number of hydrogen-bond acceptors (Lipinski definition) is 5. The number of ether oxygens (including phenoxy) is 1. The van der Waals surface area contributed by atoms with Gasteiger partial charge in [-0.2, -0.15) is 0 Å². The maximum Gasteiger partial charge on any atom is 0.256 e. The first-order valence-electron chi connectivity index (χ1n) is 8.47. The second kappa shape index (κ2) is 7.42. The van der Waals surface area contributed by atoms with E-state index in [0.29, 0.717) is 17.9 Å². The smallest absolute Gasteiger partial charge is 0.256 e. The molecule has 1 N–H and O–H groups in total. The van der Waals surface area contributed by atoms with Gasteiger partial charge in [0.05, 0.1) is 12.8 Å². The standard InChI is InChI=1S/C19H24N4O2/c1-4-6-17-14(2)20-19(21-18(17)24)23-11-9-22(10-12-23)15-7-5-8-16(13-15)25-3/h4-5,7-8,13H,1,6,9-12H2,2-3H3,(H,20,21,24). The van der Waals surface area contributed by atoms with Crippen molar-refractivity contribution in [2.24, 2.45) is 0 Å². The van der Waals surface area contributed by atoms with Gasteiger partial charge in [0.25, 0.3) is 5.56 Å². The largest absolute Gasteiger partial charge is 0.497 e. The van der Waals surface area contributed by atoms with Gasteiger partial charge in [-0.1, -0.05) is 12.1 Å². The first-order valence-corrected chi connectivity index (χ1v) is 8.47. The van der Waals surface area contributed by atoms with Crippen molar-refractivity contribution >= 4 is 11.6 Å². The molecule has 1 aliphatic rings. The van der Waals surface area contributed by atoms with E-state index < -0.39 is 0 Å². The molecule has 0 bridgehead atoms. The predicted octanol–water partition coefficient (Wildman–Crippen LogP) is 2.14. The molecule has 0 saturated carbocycles. The first-order chi connectivity index (χ1) is 12.1. The highest BCUT2D eigenvalue weighted by molar-refractivity contribution is 5.52. The summed E-state index contributed by atoms with van der Waals surface area (Å²) in [7, 11) is 1.68. The minimum absolute atomic E-state index is 0.0716. The number of benzene rings is 1. The van der Waals surface area contributed by atoms with Crippen molar-refractivity contribution in [3.63, 3.8) is 0 Å². The van der Waals surface area contributed by atoms with E-state index in [4.69, 9.17) is 4.74 Å². The van der Waals surface area contributed by atoms with Gasteiger partial charge in [0.1, 0.15) is 5.75 Å². The monoisotopic (exact) mass is 340 g/mol. The number of rotatable bonds is 5. The maximum atomic E-state index is 12.3. The Morgan fingerprint density at radius 2 is 2.00 bits per heavy atom. The second-order valence-electron chi connectivity index (χ2n) is 6.12. The van der Waals surface area contributed by atoms with Crippen molar-refractivity contribution < 1.29 is 4.74 Å². The SMILES string of the molecule is C=CCc1c(C)nc(N2CCN(c3cccc(OC)c3)CC2)[nH]c1=O. The molecule has 6 nitrogen and oxygen atoms in total. The van der Waals surface area contributed by atoms with Crippen LogP contribution in [0.5, 0.6) is 5.75 Å². The molecule has 1 fully saturated rings. The molecule has 0 radical (unpaired) electrons. The fourth-order valence-electron chi connectivity index (χ4n) is 3.11. The number of hydrogen-bond donors (Lipinski definition) is 1. The Balaban J connectivity index is 1.72. The number of H-pyrrole nitrogens is 1. The number of nitrogens with zero attached hydrogens (tertiary/aromatic N) is 3. The molecule has 1 aromatic heterocycles. The number of nitrogens with one attached hydrogen (secondary N) is 1. The Labute approximate surface area is 147 Å².